The van der Waals surface area contributed by atoms with Crippen molar-refractivity contribution >= 4 is 21.4 Å². The molecule has 0 saturated heterocycles. The summed E-state index contributed by atoms with van der Waals surface area (Å²) in [6.45, 7) is 0. The van der Waals surface area contributed by atoms with Gasteiger partial charge in [0, 0.05) is 10.1 Å². The SMILES string of the molecule is COc1ccc(C2C(C#N)=C(N)Oc3c2sc2ccc(F)cc32)cc1. The van der Waals surface area contributed by atoms with Crippen LogP contribution in [-0.4, -0.2) is 7.11 Å². The van der Waals surface area contributed by atoms with E-state index in [1.165, 1.54) is 23.5 Å². The summed E-state index contributed by atoms with van der Waals surface area (Å²) in [5.41, 5.74) is 7.25. The van der Waals surface area contributed by atoms with Crippen LogP contribution in [0.15, 0.2) is 53.9 Å². The summed E-state index contributed by atoms with van der Waals surface area (Å²) >= 11 is 1.48. The molecule has 3 aromatic rings. The van der Waals surface area contributed by atoms with Crippen molar-refractivity contribution in [2.75, 3.05) is 7.11 Å². The van der Waals surface area contributed by atoms with Crippen molar-refractivity contribution in [1.29, 1.82) is 5.26 Å². The molecule has 0 fully saturated rings. The first-order chi connectivity index (χ1) is 12.1. The number of ether oxygens (including phenoxy) is 2. The molecule has 0 saturated carbocycles. The third-order valence-corrected chi connectivity index (χ3v) is 5.44. The van der Waals surface area contributed by atoms with E-state index < -0.39 is 0 Å². The van der Waals surface area contributed by atoms with E-state index in [2.05, 4.69) is 6.07 Å². The lowest BCUT2D eigenvalue weighted by Crippen LogP contribution is -2.19. The van der Waals surface area contributed by atoms with Crippen molar-refractivity contribution in [3.63, 3.8) is 0 Å². The van der Waals surface area contributed by atoms with Gasteiger partial charge in [0.1, 0.15) is 23.2 Å². The predicted octanol–water partition coefficient (Wildman–Crippen LogP) is 4.27. The third-order valence-electron chi connectivity index (χ3n) is 4.23. The number of rotatable bonds is 2. The minimum absolute atomic E-state index is 0.0554. The van der Waals surface area contributed by atoms with Gasteiger partial charge < -0.3 is 15.2 Å². The molecule has 124 valence electrons. The highest BCUT2D eigenvalue weighted by molar-refractivity contribution is 7.19. The number of nitrogens with zero attached hydrogens (tertiary/aromatic N) is 1. The molecule has 0 spiro atoms. The Morgan fingerprint density at radius 3 is 2.68 bits per heavy atom. The van der Waals surface area contributed by atoms with Gasteiger partial charge in [-0.25, -0.2) is 4.39 Å². The maximum absolute atomic E-state index is 13.7. The molecular weight excluding hydrogens is 339 g/mol. The second-order valence-corrected chi connectivity index (χ2v) is 6.72. The molecule has 2 N–H and O–H groups in total. The quantitative estimate of drug-likeness (QED) is 0.748. The lowest BCUT2D eigenvalue weighted by atomic mass is 9.88. The van der Waals surface area contributed by atoms with Crippen molar-refractivity contribution in [3.8, 4) is 17.6 Å². The van der Waals surface area contributed by atoms with Crippen molar-refractivity contribution < 1.29 is 13.9 Å². The average molecular weight is 352 g/mol. The number of thiophene rings is 1. The summed E-state index contributed by atoms with van der Waals surface area (Å²) in [5, 5.41) is 10.3. The number of benzene rings is 2. The van der Waals surface area contributed by atoms with Gasteiger partial charge in [0.15, 0.2) is 5.75 Å². The number of fused-ring (bicyclic) bond motifs is 3. The van der Waals surface area contributed by atoms with E-state index in [0.29, 0.717) is 16.7 Å². The first kappa shape index (κ1) is 15.5. The van der Waals surface area contributed by atoms with Crippen molar-refractivity contribution in [3.05, 3.63) is 70.2 Å². The molecule has 4 nitrogen and oxygen atoms in total. The number of methoxy groups -OCH3 is 1. The van der Waals surface area contributed by atoms with E-state index in [1.807, 2.05) is 24.3 Å². The standard InChI is InChI=1S/C19H13FN2O2S/c1-23-12-5-2-10(3-6-12)16-14(9-21)19(22)24-17-13-8-11(20)4-7-15(13)25-18(16)17/h2-8,16H,22H2,1H3. The van der Waals surface area contributed by atoms with Crippen LogP contribution in [0.1, 0.15) is 16.4 Å². The highest BCUT2D eigenvalue weighted by atomic mass is 32.1. The van der Waals surface area contributed by atoms with E-state index in [4.69, 9.17) is 15.2 Å². The fourth-order valence-corrected chi connectivity index (χ4v) is 4.28. The van der Waals surface area contributed by atoms with Crippen LogP contribution in [0.2, 0.25) is 0 Å². The fourth-order valence-electron chi connectivity index (χ4n) is 3.03. The largest absolute Gasteiger partial charge is 0.497 e. The van der Waals surface area contributed by atoms with Crippen LogP contribution in [-0.2, 0) is 0 Å². The van der Waals surface area contributed by atoms with Crippen LogP contribution in [0.25, 0.3) is 10.1 Å². The molecule has 2 heterocycles. The van der Waals surface area contributed by atoms with Crippen molar-refractivity contribution in [2.45, 2.75) is 5.92 Å². The van der Waals surface area contributed by atoms with Gasteiger partial charge in [-0.05, 0) is 35.9 Å². The fraction of sp³-hybridized carbons (Fsp3) is 0.105. The molecule has 0 bridgehead atoms. The summed E-state index contributed by atoms with van der Waals surface area (Å²) in [7, 11) is 1.60. The Hall–Kier alpha value is -3.04. The van der Waals surface area contributed by atoms with E-state index in [1.54, 1.807) is 13.2 Å². The van der Waals surface area contributed by atoms with E-state index in [0.717, 1.165) is 20.9 Å². The van der Waals surface area contributed by atoms with Crippen molar-refractivity contribution in [2.24, 2.45) is 5.73 Å². The number of halogens is 1. The van der Waals surface area contributed by atoms with Gasteiger partial charge >= 0.3 is 0 Å². The Kier molecular flexibility index (Phi) is 3.59. The molecule has 2 aromatic carbocycles. The Morgan fingerprint density at radius 2 is 2.00 bits per heavy atom. The highest BCUT2D eigenvalue weighted by Crippen LogP contribution is 2.50. The maximum atomic E-state index is 13.7. The van der Waals surface area contributed by atoms with Gasteiger partial charge in [-0.1, -0.05) is 12.1 Å². The van der Waals surface area contributed by atoms with E-state index >= 15 is 0 Å². The van der Waals surface area contributed by atoms with Gasteiger partial charge in [0.05, 0.1) is 17.9 Å². The summed E-state index contributed by atoms with van der Waals surface area (Å²) in [5.74, 6) is 0.618. The molecule has 1 aliphatic heterocycles. The molecule has 0 amide bonds. The minimum Gasteiger partial charge on any atom is -0.497 e. The zero-order valence-electron chi connectivity index (χ0n) is 13.2. The van der Waals surface area contributed by atoms with Crippen LogP contribution in [0.3, 0.4) is 0 Å². The van der Waals surface area contributed by atoms with Crippen LogP contribution in [0.4, 0.5) is 4.39 Å². The maximum Gasteiger partial charge on any atom is 0.205 e. The molecule has 1 aliphatic rings. The summed E-state index contributed by atoms with van der Waals surface area (Å²) in [6, 6.07) is 14.2. The van der Waals surface area contributed by atoms with Gasteiger partial charge in [-0.15, -0.1) is 11.3 Å². The zero-order chi connectivity index (χ0) is 17.6. The Balaban J connectivity index is 1.95. The minimum atomic E-state index is -0.347. The van der Waals surface area contributed by atoms with Gasteiger partial charge in [-0.3, -0.25) is 0 Å². The first-order valence-electron chi connectivity index (χ1n) is 7.56. The monoisotopic (exact) mass is 352 g/mol. The lowest BCUT2D eigenvalue weighted by molar-refractivity contribution is 0.401. The topological polar surface area (TPSA) is 68.3 Å². The molecule has 6 heteroatoms. The Labute approximate surface area is 147 Å². The molecular formula is C19H13FN2O2S. The van der Waals surface area contributed by atoms with Crippen LogP contribution in [0, 0.1) is 17.1 Å². The number of nitrogens with two attached hydrogens (primary N) is 1. The van der Waals surface area contributed by atoms with E-state index in [-0.39, 0.29) is 17.6 Å². The number of allylic oxidation sites excluding steroid dienone is 1. The van der Waals surface area contributed by atoms with Gasteiger partial charge in [0.2, 0.25) is 5.88 Å². The lowest BCUT2D eigenvalue weighted by Gasteiger charge is -2.24. The number of hydrogen-bond donors (Lipinski definition) is 1. The Bertz CT molecular complexity index is 1050. The molecule has 1 aromatic heterocycles. The second kappa shape index (κ2) is 5.80. The Morgan fingerprint density at radius 1 is 1.24 bits per heavy atom. The van der Waals surface area contributed by atoms with Gasteiger partial charge in [0.25, 0.3) is 0 Å². The number of nitriles is 1. The summed E-state index contributed by atoms with van der Waals surface area (Å²) in [6.07, 6.45) is 0. The smallest absolute Gasteiger partial charge is 0.205 e. The summed E-state index contributed by atoms with van der Waals surface area (Å²) in [4.78, 5) is 0.844. The summed E-state index contributed by atoms with van der Waals surface area (Å²) < 4.78 is 25.4. The molecule has 1 unspecified atom stereocenters. The third kappa shape index (κ3) is 2.41. The first-order valence-corrected chi connectivity index (χ1v) is 8.37. The molecule has 0 radical (unpaired) electrons. The number of hydrogen-bond acceptors (Lipinski definition) is 5. The predicted molar refractivity (Wildman–Crippen MR) is 94.1 cm³/mol. The van der Waals surface area contributed by atoms with Crippen LogP contribution in [0.5, 0.6) is 11.5 Å². The van der Waals surface area contributed by atoms with Crippen LogP contribution < -0.4 is 15.2 Å². The molecule has 25 heavy (non-hydrogen) atoms. The molecule has 0 aliphatic carbocycles. The van der Waals surface area contributed by atoms with Crippen LogP contribution >= 0.6 is 11.3 Å². The normalized spacial score (nSPS) is 16.3. The molecule has 4 rings (SSSR count). The second-order valence-electron chi connectivity index (χ2n) is 5.63. The van der Waals surface area contributed by atoms with Gasteiger partial charge in [-0.2, -0.15) is 5.26 Å². The van der Waals surface area contributed by atoms with E-state index in [9.17, 15) is 9.65 Å². The molecule has 1 atom stereocenters. The average Bonchev–Trinajstić information content (AvgIpc) is 2.98. The highest BCUT2D eigenvalue weighted by Gasteiger charge is 2.33. The van der Waals surface area contributed by atoms with Crippen molar-refractivity contribution in [1.82, 2.24) is 0 Å². The zero-order valence-corrected chi connectivity index (χ0v) is 14.1.